The minimum absolute atomic E-state index is 0.0429. The van der Waals surface area contributed by atoms with Gasteiger partial charge in [0.05, 0.1) is 35.8 Å². The van der Waals surface area contributed by atoms with Crippen LogP contribution in [-0.4, -0.2) is 61.9 Å². The second-order valence-electron chi connectivity index (χ2n) is 9.39. The standard InChI is InChI=1S/C26H30N5O4P/c1-26(16-32)15-29-24-18(14-27)11-17(12-20(24)26)21-7-8-28-25(30-21)31-22-13-19(36(3,4)33)5-6-23(22)35-10-9-34-2/h5-8,11-13,29,32H,9-10,15-16H2,1-4H3,(H,28,30,31)/t26-/m1/s1. The van der Waals surface area contributed by atoms with Gasteiger partial charge in [-0.1, -0.05) is 6.92 Å². The lowest BCUT2D eigenvalue weighted by molar-refractivity contribution is 0.146. The van der Waals surface area contributed by atoms with Crippen LogP contribution in [0.4, 0.5) is 17.3 Å². The molecule has 9 nitrogen and oxygen atoms in total. The Hall–Kier alpha value is -3.44. The Morgan fingerprint density at radius 2 is 2.06 bits per heavy atom. The molecule has 1 atom stereocenters. The van der Waals surface area contributed by atoms with Crippen molar-refractivity contribution in [3.63, 3.8) is 0 Å². The van der Waals surface area contributed by atoms with Crippen molar-refractivity contribution in [2.24, 2.45) is 0 Å². The number of anilines is 3. The van der Waals surface area contributed by atoms with Crippen molar-refractivity contribution in [2.75, 3.05) is 57.4 Å². The topological polar surface area (TPSA) is 129 Å². The van der Waals surface area contributed by atoms with Crippen LogP contribution in [0.2, 0.25) is 0 Å². The molecule has 1 aliphatic rings. The summed E-state index contributed by atoms with van der Waals surface area (Å²) in [6, 6.07) is 13.1. The molecule has 0 saturated heterocycles. The summed E-state index contributed by atoms with van der Waals surface area (Å²) in [7, 11) is -0.907. The van der Waals surface area contributed by atoms with Gasteiger partial charge in [-0.25, -0.2) is 9.97 Å². The molecule has 188 valence electrons. The number of aliphatic hydroxyl groups is 1. The van der Waals surface area contributed by atoms with Gasteiger partial charge >= 0.3 is 0 Å². The molecule has 2 heterocycles. The number of methoxy groups -OCH3 is 1. The molecule has 1 aliphatic heterocycles. The van der Waals surface area contributed by atoms with Crippen molar-refractivity contribution in [3.05, 3.63) is 53.7 Å². The highest BCUT2D eigenvalue weighted by Gasteiger charge is 2.36. The second-order valence-corrected chi connectivity index (χ2v) is 12.6. The molecule has 0 bridgehead atoms. The van der Waals surface area contributed by atoms with Gasteiger partial charge in [0.2, 0.25) is 5.95 Å². The van der Waals surface area contributed by atoms with E-state index in [0.717, 1.165) is 16.8 Å². The molecule has 0 fully saturated rings. The lowest BCUT2D eigenvalue weighted by atomic mass is 9.83. The number of aliphatic hydroxyl groups excluding tert-OH is 1. The Balaban J connectivity index is 1.71. The van der Waals surface area contributed by atoms with Crippen LogP contribution in [0.15, 0.2) is 42.6 Å². The molecule has 0 spiro atoms. The van der Waals surface area contributed by atoms with Crippen LogP contribution in [0.1, 0.15) is 18.1 Å². The van der Waals surface area contributed by atoms with Crippen LogP contribution in [0.5, 0.6) is 5.75 Å². The SMILES string of the molecule is COCCOc1ccc(P(C)(C)=O)cc1Nc1nccc(-c2cc(C#N)c3c(c2)[C@@](C)(CO)CN3)n1. The summed E-state index contributed by atoms with van der Waals surface area (Å²) in [4.78, 5) is 9.04. The van der Waals surface area contributed by atoms with Crippen molar-refractivity contribution < 1.29 is 19.1 Å². The van der Waals surface area contributed by atoms with Gasteiger partial charge in [0.25, 0.3) is 0 Å². The fourth-order valence-corrected chi connectivity index (χ4v) is 4.95. The molecule has 4 rings (SSSR count). The van der Waals surface area contributed by atoms with Crippen LogP contribution in [-0.2, 0) is 14.7 Å². The van der Waals surface area contributed by atoms with Crippen LogP contribution >= 0.6 is 7.14 Å². The van der Waals surface area contributed by atoms with E-state index >= 15 is 0 Å². The maximum Gasteiger partial charge on any atom is 0.227 e. The normalized spacial score (nSPS) is 16.7. The minimum atomic E-state index is -2.51. The Kier molecular flexibility index (Phi) is 7.32. The highest BCUT2D eigenvalue weighted by molar-refractivity contribution is 7.70. The van der Waals surface area contributed by atoms with Gasteiger partial charge in [0.1, 0.15) is 25.6 Å². The number of rotatable bonds is 9. The maximum absolute atomic E-state index is 12.7. The first-order valence-corrected chi connectivity index (χ1v) is 14.1. The smallest absolute Gasteiger partial charge is 0.227 e. The predicted molar refractivity (Wildman–Crippen MR) is 141 cm³/mol. The van der Waals surface area contributed by atoms with E-state index in [2.05, 4.69) is 26.7 Å². The molecule has 0 amide bonds. The number of fused-ring (bicyclic) bond motifs is 1. The summed E-state index contributed by atoms with van der Waals surface area (Å²) in [6.07, 6.45) is 1.63. The zero-order valence-corrected chi connectivity index (χ0v) is 21.7. The van der Waals surface area contributed by atoms with Gasteiger partial charge in [-0.15, -0.1) is 0 Å². The Labute approximate surface area is 210 Å². The summed E-state index contributed by atoms with van der Waals surface area (Å²) >= 11 is 0. The molecule has 0 unspecified atom stereocenters. The number of benzene rings is 2. The Morgan fingerprint density at radius 1 is 1.25 bits per heavy atom. The van der Waals surface area contributed by atoms with Crippen molar-refractivity contribution in [1.82, 2.24) is 9.97 Å². The van der Waals surface area contributed by atoms with Gasteiger partial charge in [-0.05, 0) is 55.3 Å². The van der Waals surface area contributed by atoms with Crippen molar-refractivity contribution in [2.45, 2.75) is 12.3 Å². The van der Waals surface area contributed by atoms with Crippen LogP contribution in [0, 0.1) is 11.3 Å². The highest BCUT2D eigenvalue weighted by atomic mass is 31.2. The van der Waals surface area contributed by atoms with Crippen molar-refractivity contribution >= 4 is 29.8 Å². The third-order valence-electron chi connectivity index (χ3n) is 6.24. The molecule has 1 aromatic heterocycles. The number of aromatic nitrogens is 2. The largest absolute Gasteiger partial charge is 0.489 e. The van der Waals surface area contributed by atoms with E-state index in [1.54, 1.807) is 57.0 Å². The van der Waals surface area contributed by atoms with E-state index < -0.39 is 12.6 Å². The van der Waals surface area contributed by atoms with E-state index in [9.17, 15) is 14.9 Å². The van der Waals surface area contributed by atoms with Gasteiger partial charge in [0, 0.05) is 36.1 Å². The Morgan fingerprint density at radius 3 is 2.75 bits per heavy atom. The van der Waals surface area contributed by atoms with Crippen LogP contribution < -0.4 is 20.7 Å². The quantitative estimate of drug-likeness (QED) is 0.293. The zero-order valence-electron chi connectivity index (χ0n) is 20.8. The summed E-state index contributed by atoms with van der Waals surface area (Å²) in [5.74, 6) is 0.887. The van der Waals surface area contributed by atoms with Gasteiger partial charge in [-0.3, -0.25) is 0 Å². The third-order valence-corrected chi connectivity index (χ3v) is 7.76. The molecule has 36 heavy (non-hydrogen) atoms. The van der Waals surface area contributed by atoms with Crippen molar-refractivity contribution in [1.29, 1.82) is 5.26 Å². The van der Waals surface area contributed by atoms with E-state index in [1.807, 2.05) is 13.0 Å². The minimum Gasteiger partial charge on any atom is -0.489 e. The molecule has 3 aromatic rings. The lowest BCUT2D eigenvalue weighted by Crippen LogP contribution is -2.28. The summed E-state index contributed by atoms with van der Waals surface area (Å²) in [5, 5.41) is 26.9. The highest BCUT2D eigenvalue weighted by Crippen LogP contribution is 2.41. The fraction of sp³-hybridized carbons (Fsp3) is 0.346. The van der Waals surface area contributed by atoms with E-state index in [-0.39, 0.29) is 6.61 Å². The molecule has 0 saturated carbocycles. The number of hydrogen-bond donors (Lipinski definition) is 3. The number of nitrogens with one attached hydrogen (secondary N) is 2. The monoisotopic (exact) mass is 507 g/mol. The third kappa shape index (κ3) is 5.21. The average Bonchev–Trinajstić information content (AvgIpc) is 3.21. The molecule has 10 heteroatoms. The zero-order chi connectivity index (χ0) is 25.9. The number of nitrogens with zero attached hydrogens (tertiary/aromatic N) is 3. The molecule has 3 N–H and O–H groups in total. The number of nitriles is 1. The lowest BCUT2D eigenvalue weighted by Gasteiger charge is -2.21. The van der Waals surface area contributed by atoms with Crippen molar-refractivity contribution in [3.8, 4) is 23.1 Å². The summed E-state index contributed by atoms with van der Waals surface area (Å²) < 4.78 is 23.6. The number of ether oxygens (including phenoxy) is 2. The molecule has 0 radical (unpaired) electrons. The molecular weight excluding hydrogens is 477 g/mol. The van der Waals surface area contributed by atoms with E-state index in [0.29, 0.717) is 53.7 Å². The molecule has 0 aliphatic carbocycles. The summed E-state index contributed by atoms with van der Waals surface area (Å²) in [5.41, 5.74) is 3.60. The van der Waals surface area contributed by atoms with E-state index in [1.165, 1.54) is 0 Å². The predicted octanol–water partition coefficient (Wildman–Crippen LogP) is 3.71. The molecular formula is C26H30N5O4P. The van der Waals surface area contributed by atoms with Gasteiger partial charge in [0.15, 0.2) is 0 Å². The second kappa shape index (κ2) is 10.3. The van der Waals surface area contributed by atoms with Crippen LogP contribution in [0.3, 0.4) is 0 Å². The summed E-state index contributed by atoms with van der Waals surface area (Å²) in [6.45, 7) is 6.67. The first kappa shape index (κ1) is 25.6. The fourth-order valence-electron chi connectivity index (χ4n) is 4.08. The number of hydrogen-bond acceptors (Lipinski definition) is 9. The maximum atomic E-state index is 12.7. The Bertz CT molecular complexity index is 1370. The first-order valence-electron chi connectivity index (χ1n) is 11.5. The molecule has 2 aromatic carbocycles. The van der Waals surface area contributed by atoms with Gasteiger partial charge < -0.3 is 29.8 Å². The first-order chi connectivity index (χ1) is 17.2. The van der Waals surface area contributed by atoms with Gasteiger partial charge in [-0.2, -0.15) is 5.26 Å². The van der Waals surface area contributed by atoms with E-state index in [4.69, 9.17) is 9.47 Å². The average molecular weight is 508 g/mol. The van der Waals surface area contributed by atoms with Crippen LogP contribution in [0.25, 0.3) is 11.3 Å².